The molecule has 1 aromatic heterocycles. The zero-order valence-corrected chi connectivity index (χ0v) is 11.3. The van der Waals surface area contributed by atoms with Gasteiger partial charge in [-0.2, -0.15) is 0 Å². The summed E-state index contributed by atoms with van der Waals surface area (Å²) in [7, 11) is 1.79. The molecule has 0 fully saturated rings. The van der Waals surface area contributed by atoms with Gasteiger partial charge in [-0.05, 0) is 12.8 Å². The molecule has 0 saturated carbocycles. The van der Waals surface area contributed by atoms with E-state index in [1.54, 1.807) is 22.8 Å². The minimum Gasteiger partial charge on any atom is -0.481 e. The van der Waals surface area contributed by atoms with Crippen LogP contribution in [0, 0.1) is 5.92 Å². The van der Waals surface area contributed by atoms with Crippen LogP contribution >= 0.6 is 0 Å². The lowest BCUT2D eigenvalue weighted by Crippen LogP contribution is -2.43. The summed E-state index contributed by atoms with van der Waals surface area (Å²) < 4.78 is 1.74. The van der Waals surface area contributed by atoms with Crippen molar-refractivity contribution in [2.75, 3.05) is 6.54 Å². The van der Waals surface area contributed by atoms with Crippen LogP contribution in [0.2, 0.25) is 0 Å². The van der Waals surface area contributed by atoms with Crippen LogP contribution in [0.3, 0.4) is 0 Å². The van der Waals surface area contributed by atoms with E-state index in [0.717, 1.165) is 12.8 Å². The number of nitrogens with zero attached hydrogens (tertiary/aromatic N) is 3. The molecule has 1 unspecified atom stereocenters. The molecule has 0 spiro atoms. The number of allylic oxidation sites excluding steroid dienone is 2. The molecule has 3 rings (SSSR count). The number of fused-ring (bicyclic) bond motifs is 1. The summed E-state index contributed by atoms with van der Waals surface area (Å²) in [6.45, 7) is 0.645. The number of aryl methyl sites for hydroxylation is 1. The molecule has 1 atom stereocenters. The highest BCUT2D eigenvalue weighted by Crippen LogP contribution is 2.30. The van der Waals surface area contributed by atoms with Crippen molar-refractivity contribution in [3.8, 4) is 0 Å². The number of carboxylic acids is 1. The van der Waals surface area contributed by atoms with Gasteiger partial charge in [-0.15, -0.1) is 0 Å². The molecule has 1 aromatic rings. The summed E-state index contributed by atoms with van der Waals surface area (Å²) in [5.41, 5.74) is 1.41. The molecule has 0 bridgehead atoms. The molecule has 1 aliphatic carbocycles. The van der Waals surface area contributed by atoms with Gasteiger partial charge in [-0.1, -0.05) is 12.2 Å². The smallest absolute Gasteiger partial charge is 0.314 e. The maximum atomic E-state index is 12.4. The highest BCUT2D eigenvalue weighted by molar-refractivity contribution is 5.82. The van der Waals surface area contributed by atoms with Crippen molar-refractivity contribution in [3.63, 3.8) is 0 Å². The van der Waals surface area contributed by atoms with Gasteiger partial charge in [0.2, 0.25) is 5.91 Å². The summed E-state index contributed by atoms with van der Waals surface area (Å²) in [5.74, 6) is -1.59. The number of aromatic nitrogens is 2. The van der Waals surface area contributed by atoms with E-state index < -0.39 is 11.9 Å². The number of hydrogen-bond acceptors (Lipinski definition) is 3. The zero-order valence-electron chi connectivity index (χ0n) is 11.3. The number of imidazole rings is 1. The predicted octanol–water partition coefficient (Wildman–Crippen LogP) is 0.897. The number of rotatable bonds is 2. The van der Waals surface area contributed by atoms with Crippen molar-refractivity contribution in [3.05, 3.63) is 29.9 Å². The monoisotopic (exact) mass is 275 g/mol. The van der Waals surface area contributed by atoms with Crippen LogP contribution in [0.5, 0.6) is 0 Å². The van der Waals surface area contributed by atoms with E-state index in [1.165, 1.54) is 0 Å². The molecule has 1 amide bonds. The largest absolute Gasteiger partial charge is 0.481 e. The first-order chi connectivity index (χ1) is 9.58. The molecule has 2 heterocycles. The van der Waals surface area contributed by atoms with Crippen molar-refractivity contribution in [1.29, 1.82) is 0 Å². The molecule has 106 valence electrons. The first-order valence-electron chi connectivity index (χ1n) is 6.74. The average molecular weight is 275 g/mol. The summed E-state index contributed by atoms with van der Waals surface area (Å²) in [6.07, 6.45) is 7.14. The average Bonchev–Trinajstić information content (AvgIpc) is 3.07. The second-order valence-corrected chi connectivity index (χ2v) is 5.44. The van der Waals surface area contributed by atoms with Crippen LogP contribution in [0.4, 0.5) is 0 Å². The van der Waals surface area contributed by atoms with Gasteiger partial charge in [0.1, 0.15) is 5.92 Å². The van der Waals surface area contributed by atoms with Crippen LogP contribution in [0.25, 0.3) is 0 Å². The Kier molecular flexibility index (Phi) is 3.08. The lowest BCUT2D eigenvalue weighted by Gasteiger charge is -2.32. The molecule has 0 radical (unpaired) electrons. The molecule has 0 saturated heterocycles. The zero-order chi connectivity index (χ0) is 14.3. The van der Waals surface area contributed by atoms with E-state index in [-0.39, 0.29) is 18.4 Å². The van der Waals surface area contributed by atoms with Gasteiger partial charge in [0.05, 0.1) is 24.3 Å². The van der Waals surface area contributed by atoms with Gasteiger partial charge >= 0.3 is 5.97 Å². The highest BCUT2D eigenvalue weighted by atomic mass is 16.4. The normalized spacial score (nSPS) is 22.1. The number of hydrogen-bond donors (Lipinski definition) is 1. The molecular formula is C14H17N3O3. The number of amides is 1. The Morgan fingerprint density at radius 3 is 2.70 bits per heavy atom. The molecule has 6 heteroatoms. The SMILES string of the molecule is Cn1cnc2c1C(C(=O)O)CN(C(=O)C1CC=CC1)C2. The van der Waals surface area contributed by atoms with Crippen LogP contribution in [-0.4, -0.2) is 38.0 Å². The van der Waals surface area contributed by atoms with Crippen molar-refractivity contribution in [2.24, 2.45) is 13.0 Å². The van der Waals surface area contributed by atoms with Gasteiger partial charge in [0.15, 0.2) is 0 Å². The minimum atomic E-state index is -0.906. The number of aliphatic carboxylic acids is 1. The summed E-state index contributed by atoms with van der Waals surface area (Å²) >= 11 is 0. The van der Waals surface area contributed by atoms with Crippen LogP contribution in [0.15, 0.2) is 18.5 Å². The summed E-state index contributed by atoms with van der Waals surface area (Å²) in [4.78, 5) is 29.8. The van der Waals surface area contributed by atoms with Crippen molar-refractivity contribution in [1.82, 2.24) is 14.5 Å². The second kappa shape index (κ2) is 4.77. The van der Waals surface area contributed by atoms with Gasteiger partial charge in [-0.25, -0.2) is 4.98 Å². The third-order valence-electron chi connectivity index (χ3n) is 4.10. The van der Waals surface area contributed by atoms with E-state index in [9.17, 15) is 14.7 Å². The lowest BCUT2D eigenvalue weighted by molar-refractivity contribution is -0.142. The van der Waals surface area contributed by atoms with Gasteiger partial charge in [-0.3, -0.25) is 9.59 Å². The Balaban J connectivity index is 1.86. The van der Waals surface area contributed by atoms with E-state index in [4.69, 9.17) is 0 Å². The topological polar surface area (TPSA) is 75.4 Å². The van der Waals surface area contributed by atoms with Crippen LogP contribution < -0.4 is 0 Å². The summed E-state index contributed by atoms with van der Waals surface area (Å²) in [6, 6.07) is 0. The van der Waals surface area contributed by atoms with Crippen LogP contribution in [0.1, 0.15) is 30.1 Å². The van der Waals surface area contributed by atoms with Crippen molar-refractivity contribution in [2.45, 2.75) is 25.3 Å². The third-order valence-corrected chi connectivity index (χ3v) is 4.10. The van der Waals surface area contributed by atoms with Crippen molar-refractivity contribution >= 4 is 11.9 Å². The van der Waals surface area contributed by atoms with Gasteiger partial charge < -0.3 is 14.6 Å². The first kappa shape index (κ1) is 12.9. The third kappa shape index (κ3) is 2.01. The maximum Gasteiger partial charge on any atom is 0.314 e. The first-order valence-corrected chi connectivity index (χ1v) is 6.74. The second-order valence-electron chi connectivity index (χ2n) is 5.44. The minimum absolute atomic E-state index is 0.0327. The van der Waals surface area contributed by atoms with Crippen molar-refractivity contribution < 1.29 is 14.7 Å². The molecule has 1 aliphatic heterocycles. The molecule has 0 aromatic carbocycles. The van der Waals surface area contributed by atoms with E-state index in [0.29, 0.717) is 17.9 Å². The fraction of sp³-hybridized carbons (Fsp3) is 0.500. The Morgan fingerprint density at radius 2 is 2.05 bits per heavy atom. The standard InChI is InChI=1S/C14H17N3O3/c1-16-8-15-11-7-17(6-10(12(11)16)14(19)20)13(18)9-4-2-3-5-9/h2-3,8-10H,4-7H2,1H3,(H,19,20). The Bertz CT molecular complexity index is 582. The number of carboxylic acid groups (broad SMARTS) is 1. The van der Waals surface area contributed by atoms with Crippen LogP contribution in [-0.2, 0) is 23.2 Å². The van der Waals surface area contributed by atoms with E-state index >= 15 is 0 Å². The van der Waals surface area contributed by atoms with Gasteiger partial charge in [0, 0.05) is 19.5 Å². The Labute approximate surface area is 116 Å². The molecule has 2 aliphatic rings. The Hall–Kier alpha value is -2.11. The fourth-order valence-corrected chi connectivity index (χ4v) is 3.05. The lowest BCUT2D eigenvalue weighted by atomic mass is 9.96. The maximum absolute atomic E-state index is 12.4. The Morgan fingerprint density at radius 1 is 1.35 bits per heavy atom. The number of carbonyl (C=O) groups excluding carboxylic acids is 1. The molecule has 6 nitrogen and oxygen atoms in total. The molecule has 20 heavy (non-hydrogen) atoms. The number of carbonyl (C=O) groups is 2. The fourth-order valence-electron chi connectivity index (χ4n) is 3.05. The molecule has 1 N–H and O–H groups in total. The highest BCUT2D eigenvalue weighted by Gasteiger charge is 2.37. The van der Waals surface area contributed by atoms with E-state index in [2.05, 4.69) is 4.98 Å². The molecular weight excluding hydrogens is 258 g/mol. The quantitative estimate of drug-likeness (QED) is 0.814. The van der Waals surface area contributed by atoms with E-state index in [1.807, 2.05) is 12.2 Å². The summed E-state index contributed by atoms with van der Waals surface area (Å²) in [5, 5.41) is 9.40. The van der Waals surface area contributed by atoms with Gasteiger partial charge in [0.25, 0.3) is 0 Å². The predicted molar refractivity (Wildman–Crippen MR) is 70.9 cm³/mol.